The van der Waals surface area contributed by atoms with Gasteiger partial charge in [-0.2, -0.15) is 5.26 Å². The summed E-state index contributed by atoms with van der Waals surface area (Å²) in [5.41, 5.74) is -0.392. The maximum Gasteiger partial charge on any atom is 0.103 e. The molecule has 0 fully saturated rings. The molecule has 104 valence electrons. The second-order valence-corrected chi connectivity index (χ2v) is 6.38. The minimum Gasteiger partial charge on any atom is -0.300 e. The van der Waals surface area contributed by atoms with E-state index < -0.39 is 5.54 Å². The fraction of sp³-hybridized carbons (Fsp3) is 0.533. The number of benzene rings is 1. The Hall–Kier alpha value is -0.690. The second kappa shape index (κ2) is 8.47. The van der Waals surface area contributed by atoms with E-state index in [1.54, 1.807) is 0 Å². The van der Waals surface area contributed by atoms with E-state index in [0.717, 1.165) is 36.6 Å². The number of hydrogen-bond acceptors (Lipinski definition) is 3. The Kier molecular flexibility index (Phi) is 7.30. The zero-order valence-electron chi connectivity index (χ0n) is 11.6. The van der Waals surface area contributed by atoms with Gasteiger partial charge in [-0.05, 0) is 62.7 Å². The predicted octanol–water partition coefficient (Wildman–Crippen LogP) is 4.49. The first-order valence-electron chi connectivity index (χ1n) is 6.64. The summed E-state index contributed by atoms with van der Waals surface area (Å²) in [5.74, 6) is 1.02. The van der Waals surface area contributed by atoms with E-state index in [0.29, 0.717) is 0 Å². The van der Waals surface area contributed by atoms with Crippen LogP contribution in [-0.4, -0.2) is 17.8 Å². The average molecular weight is 297 g/mol. The van der Waals surface area contributed by atoms with E-state index >= 15 is 0 Å². The molecule has 0 bridgehead atoms. The van der Waals surface area contributed by atoms with Crippen molar-refractivity contribution in [3.8, 4) is 6.07 Å². The molecule has 1 aromatic rings. The molecule has 0 radical (unpaired) electrons. The van der Waals surface area contributed by atoms with Gasteiger partial charge in [-0.25, -0.2) is 0 Å². The summed E-state index contributed by atoms with van der Waals surface area (Å²) in [7, 11) is 0. The van der Waals surface area contributed by atoms with Gasteiger partial charge >= 0.3 is 0 Å². The van der Waals surface area contributed by atoms with Crippen LogP contribution < -0.4 is 5.32 Å². The van der Waals surface area contributed by atoms with Crippen LogP contribution in [0, 0.1) is 11.3 Å². The van der Waals surface area contributed by atoms with Gasteiger partial charge in [0.15, 0.2) is 0 Å². The minimum absolute atomic E-state index is 0.392. The van der Waals surface area contributed by atoms with Crippen LogP contribution >= 0.6 is 23.4 Å². The lowest BCUT2D eigenvalue weighted by atomic mass is 9.98. The number of hydrogen-bond donors (Lipinski definition) is 1. The van der Waals surface area contributed by atoms with Crippen molar-refractivity contribution < 1.29 is 0 Å². The van der Waals surface area contributed by atoms with Gasteiger partial charge in [-0.3, -0.25) is 5.32 Å². The lowest BCUT2D eigenvalue weighted by Crippen LogP contribution is -2.41. The Morgan fingerprint density at radius 1 is 1.37 bits per heavy atom. The standard InChI is InChI=1S/C15H21ClN2S/c1-3-10-18-15(2,12-17)9-4-11-19-14-7-5-13(16)6-8-14/h5-8,18H,3-4,9-11H2,1-2H3. The molecule has 1 aromatic carbocycles. The van der Waals surface area contributed by atoms with E-state index in [1.807, 2.05) is 43.0 Å². The highest BCUT2D eigenvalue weighted by Gasteiger charge is 2.21. The Bertz CT molecular complexity index is 413. The fourth-order valence-electron chi connectivity index (χ4n) is 1.73. The van der Waals surface area contributed by atoms with Crippen LogP contribution in [0.3, 0.4) is 0 Å². The molecule has 0 saturated carbocycles. The number of nitrogens with one attached hydrogen (secondary N) is 1. The molecular weight excluding hydrogens is 276 g/mol. The third-order valence-corrected chi connectivity index (χ3v) is 4.27. The Morgan fingerprint density at radius 2 is 2.05 bits per heavy atom. The van der Waals surface area contributed by atoms with Gasteiger partial charge in [0.1, 0.15) is 5.54 Å². The monoisotopic (exact) mass is 296 g/mol. The summed E-state index contributed by atoms with van der Waals surface area (Å²) >= 11 is 7.65. The lowest BCUT2D eigenvalue weighted by molar-refractivity contribution is 0.415. The number of nitriles is 1. The SMILES string of the molecule is CCCNC(C)(C#N)CCCSc1ccc(Cl)cc1. The van der Waals surface area contributed by atoms with Crippen molar-refractivity contribution in [3.05, 3.63) is 29.3 Å². The number of nitrogens with zero attached hydrogens (tertiary/aromatic N) is 1. The molecule has 1 rings (SSSR count). The maximum absolute atomic E-state index is 9.22. The molecule has 2 nitrogen and oxygen atoms in total. The summed E-state index contributed by atoms with van der Waals surface area (Å²) < 4.78 is 0. The topological polar surface area (TPSA) is 35.8 Å². The average Bonchev–Trinajstić information content (AvgIpc) is 2.43. The Morgan fingerprint density at radius 3 is 2.63 bits per heavy atom. The largest absolute Gasteiger partial charge is 0.300 e. The quantitative estimate of drug-likeness (QED) is 0.567. The van der Waals surface area contributed by atoms with E-state index in [1.165, 1.54) is 4.90 Å². The predicted molar refractivity (Wildman–Crippen MR) is 83.7 cm³/mol. The van der Waals surface area contributed by atoms with Gasteiger partial charge in [0, 0.05) is 9.92 Å². The van der Waals surface area contributed by atoms with Gasteiger partial charge < -0.3 is 0 Å². The van der Waals surface area contributed by atoms with Crippen molar-refractivity contribution in [1.29, 1.82) is 5.26 Å². The molecule has 0 aromatic heterocycles. The molecule has 4 heteroatoms. The molecule has 0 aliphatic carbocycles. The first-order valence-corrected chi connectivity index (χ1v) is 8.00. The van der Waals surface area contributed by atoms with Gasteiger partial charge in [-0.15, -0.1) is 11.8 Å². The summed E-state index contributed by atoms with van der Waals surface area (Å²) in [6.07, 6.45) is 2.95. The van der Waals surface area contributed by atoms with Gasteiger partial charge in [0.2, 0.25) is 0 Å². The summed E-state index contributed by atoms with van der Waals surface area (Å²) in [4.78, 5) is 1.23. The normalized spacial score (nSPS) is 13.8. The van der Waals surface area contributed by atoms with Gasteiger partial charge in [0.25, 0.3) is 0 Å². The zero-order valence-corrected chi connectivity index (χ0v) is 13.2. The molecule has 0 saturated heterocycles. The summed E-state index contributed by atoms with van der Waals surface area (Å²) in [6.45, 7) is 4.99. The third kappa shape index (κ3) is 6.33. The molecule has 19 heavy (non-hydrogen) atoms. The van der Waals surface area contributed by atoms with Crippen LogP contribution in [-0.2, 0) is 0 Å². The summed E-state index contributed by atoms with van der Waals surface area (Å²) in [6, 6.07) is 10.3. The molecule has 1 N–H and O–H groups in total. The van der Waals surface area contributed by atoms with E-state index in [4.69, 9.17) is 11.6 Å². The molecule has 0 aliphatic rings. The number of rotatable bonds is 8. The molecule has 1 unspecified atom stereocenters. The summed E-state index contributed by atoms with van der Waals surface area (Å²) in [5, 5.41) is 13.3. The fourth-order valence-corrected chi connectivity index (χ4v) is 2.71. The van der Waals surface area contributed by atoms with Crippen molar-refractivity contribution in [2.45, 2.75) is 43.5 Å². The maximum atomic E-state index is 9.22. The van der Waals surface area contributed by atoms with Crippen molar-refractivity contribution >= 4 is 23.4 Å². The molecule has 0 spiro atoms. The second-order valence-electron chi connectivity index (χ2n) is 4.78. The van der Waals surface area contributed by atoms with Crippen molar-refractivity contribution in [2.75, 3.05) is 12.3 Å². The van der Waals surface area contributed by atoms with Crippen LogP contribution in [0.1, 0.15) is 33.1 Å². The van der Waals surface area contributed by atoms with Gasteiger partial charge in [0.05, 0.1) is 6.07 Å². The molecule has 1 atom stereocenters. The first-order chi connectivity index (χ1) is 9.09. The number of halogens is 1. The minimum atomic E-state index is -0.392. The third-order valence-electron chi connectivity index (χ3n) is 2.92. The van der Waals surface area contributed by atoms with E-state index in [9.17, 15) is 5.26 Å². The van der Waals surface area contributed by atoms with Crippen LogP contribution in [0.15, 0.2) is 29.2 Å². The molecule has 0 amide bonds. The lowest BCUT2D eigenvalue weighted by Gasteiger charge is -2.22. The van der Waals surface area contributed by atoms with Crippen LogP contribution in [0.5, 0.6) is 0 Å². The van der Waals surface area contributed by atoms with Crippen molar-refractivity contribution in [2.24, 2.45) is 0 Å². The Balaban J connectivity index is 2.29. The van der Waals surface area contributed by atoms with Crippen molar-refractivity contribution in [3.63, 3.8) is 0 Å². The number of thioether (sulfide) groups is 1. The molecular formula is C15H21ClN2S. The van der Waals surface area contributed by atoms with Crippen LogP contribution in [0.25, 0.3) is 0 Å². The molecule has 0 heterocycles. The van der Waals surface area contributed by atoms with Crippen molar-refractivity contribution in [1.82, 2.24) is 5.32 Å². The Labute approximate surface area is 125 Å². The highest BCUT2D eigenvalue weighted by molar-refractivity contribution is 7.99. The van der Waals surface area contributed by atoms with Crippen LogP contribution in [0.2, 0.25) is 5.02 Å². The highest BCUT2D eigenvalue weighted by atomic mass is 35.5. The smallest absolute Gasteiger partial charge is 0.103 e. The van der Waals surface area contributed by atoms with Crippen LogP contribution in [0.4, 0.5) is 0 Å². The van der Waals surface area contributed by atoms with Gasteiger partial charge in [-0.1, -0.05) is 18.5 Å². The van der Waals surface area contributed by atoms with E-state index in [2.05, 4.69) is 18.3 Å². The first kappa shape index (κ1) is 16.4. The highest BCUT2D eigenvalue weighted by Crippen LogP contribution is 2.22. The zero-order chi connectivity index (χ0) is 14.1. The van der Waals surface area contributed by atoms with E-state index in [-0.39, 0.29) is 0 Å². The molecule has 0 aliphatic heterocycles.